The number of hydrogen-bond donors (Lipinski definition) is 2. The van der Waals surface area contributed by atoms with Gasteiger partial charge in [-0.25, -0.2) is 4.57 Å². The van der Waals surface area contributed by atoms with Crippen LogP contribution < -0.4 is 5.32 Å². The minimum absolute atomic E-state index is 0.0910. The van der Waals surface area contributed by atoms with Gasteiger partial charge < -0.3 is 24.6 Å². The molecule has 0 saturated carbocycles. The Bertz CT molecular complexity index is 2670. The number of aliphatic hydroxyl groups is 1. The first-order valence-electron chi connectivity index (χ1n) is 23.9. The van der Waals surface area contributed by atoms with E-state index < -0.39 is 50.5 Å². The number of carbonyl (C=O) groups is 1. The largest absolute Gasteiger partial charge is 0.475 e. The van der Waals surface area contributed by atoms with E-state index in [1.807, 2.05) is 44.2 Å². The molecule has 0 radical (unpaired) electrons. The number of phosphoric acid groups is 1. The van der Waals surface area contributed by atoms with Gasteiger partial charge in [0.05, 0.1) is 44.7 Å². The van der Waals surface area contributed by atoms with Crippen LogP contribution in [-0.4, -0.2) is 67.1 Å². The summed E-state index contributed by atoms with van der Waals surface area (Å²) in [6.45, 7) is 10.6. The molecule has 1 unspecified atom stereocenters. The van der Waals surface area contributed by atoms with Crippen LogP contribution in [0.15, 0.2) is 30.3 Å². The summed E-state index contributed by atoms with van der Waals surface area (Å²) in [5, 5.41) is 14.4. The Hall–Kier alpha value is -6.64. The summed E-state index contributed by atoms with van der Waals surface area (Å²) in [4.78, 5) is 13.3. The van der Waals surface area contributed by atoms with Gasteiger partial charge in [0.2, 0.25) is 0 Å². The van der Waals surface area contributed by atoms with E-state index in [0.717, 1.165) is 31.2 Å². The van der Waals surface area contributed by atoms with Crippen LogP contribution >= 0.6 is 7.82 Å². The first kappa shape index (κ1) is 60.5. The maximum Gasteiger partial charge on any atom is 0.475 e. The summed E-state index contributed by atoms with van der Waals surface area (Å²) in [5.41, 5.74) is 0.731. The van der Waals surface area contributed by atoms with Gasteiger partial charge in [0, 0.05) is 41.4 Å². The quantitative estimate of drug-likeness (QED) is 0.0510. The van der Waals surface area contributed by atoms with Gasteiger partial charge >= 0.3 is 7.82 Å². The molecule has 1 aliphatic heterocycles. The third kappa shape index (κ3) is 32.7. The van der Waals surface area contributed by atoms with Crippen molar-refractivity contribution in [2.75, 3.05) is 19.8 Å². The second-order valence-corrected chi connectivity index (χ2v) is 18.0. The van der Waals surface area contributed by atoms with E-state index in [4.69, 9.17) is 27.8 Å². The number of nitrogens with one attached hydrogen (secondary N) is 1. The van der Waals surface area contributed by atoms with Crippen LogP contribution in [-0.2, 0) is 43.7 Å². The summed E-state index contributed by atoms with van der Waals surface area (Å²) < 4.78 is 49.7. The maximum atomic E-state index is 14.3. The molecule has 1 heterocycles. The van der Waals surface area contributed by atoms with Gasteiger partial charge in [0.15, 0.2) is 5.79 Å². The molecule has 0 aliphatic carbocycles. The fourth-order valence-corrected chi connectivity index (χ4v) is 7.58. The highest BCUT2D eigenvalue weighted by atomic mass is 31.2. The Morgan fingerprint density at radius 2 is 1.15 bits per heavy atom. The average Bonchev–Trinajstić information content (AvgIpc) is 3.72. The summed E-state index contributed by atoms with van der Waals surface area (Å²) >= 11 is 0. The molecule has 10 nitrogen and oxygen atoms in total. The van der Waals surface area contributed by atoms with Gasteiger partial charge in [0.1, 0.15) is 12.2 Å². The van der Waals surface area contributed by atoms with Crippen LogP contribution in [0.25, 0.3) is 0 Å². The zero-order valence-corrected chi connectivity index (χ0v) is 42.8. The van der Waals surface area contributed by atoms with Gasteiger partial charge in [-0.2, -0.15) is 0 Å². The minimum Gasteiger partial charge on any atom is -0.390 e. The molecule has 1 aromatic carbocycles. The van der Waals surface area contributed by atoms with E-state index in [0.29, 0.717) is 6.42 Å². The van der Waals surface area contributed by atoms with Gasteiger partial charge in [-0.15, -0.1) is 0 Å². The zero-order chi connectivity index (χ0) is 51.5. The third-order valence-corrected chi connectivity index (χ3v) is 11.0. The first-order chi connectivity index (χ1) is 34.5. The normalized spacial score (nSPS) is 14.2. The maximum absolute atomic E-state index is 14.3. The van der Waals surface area contributed by atoms with Crippen molar-refractivity contribution >= 4 is 13.7 Å². The molecular formula is C60H64NO9P. The van der Waals surface area contributed by atoms with Crippen LogP contribution in [0.4, 0.5) is 0 Å². The molecule has 1 fully saturated rings. The van der Waals surface area contributed by atoms with Crippen molar-refractivity contribution in [2.24, 2.45) is 0 Å². The predicted octanol–water partition coefficient (Wildman–Crippen LogP) is 8.29. The number of hydrogen-bond acceptors (Lipinski definition) is 9. The molecule has 368 valence electrons. The van der Waals surface area contributed by atoms with Crippen LogP contribution in [0.2, 0.25) is 0 Å². The first-order valence-corrected chi connectivity index (χ1v) is 25.4. The molecular weight excluding hydrogens is 910 g/mol. The van der Waals surface area contributed by atoms with Crippen LogP contribution in [0, 0.1) is 142 Å². The zero-order valence-electron chi connectivity index (χ0n) is 42.0. The highest BCUT2D eigenvalue weighted by molar-refractivity contribution is 7.48. The summed E-state index contributed by atoms with van der Waals surface area (Å²) in [6.07, 6.45) is 11.6. The van der Waals surface area contributed by atoms with Crippen molar-refractivity contribution in [3.05, 3.63) is 35.9 Å². The Labute approximate surface area is 425 Å². The lowest BCUT2D eigenvalue weighted by Crippen LogP contribution is -2.52. The molecule has 1 aromatic rings. The van der Waals surface area contributed by atoms with E-state index in [2.05, 4.69) is 154 Å². The standard InChI is InChI=1S/C60H64NO9P/c1-7-9-11-13-15-17-19-21-22-23-24-25-26-27-28-29-30-31-33-35-37-39-44-48-58(63)61-56(59(69-53(3)4)57(62)47-43-38-36-34-32-20-18-16-14-12-10-8-2)52-68-71(64,66-49-54-45-41-40-42-46-54)67-51-55-50-65-60(5,6)70-55/h40-42,45-46,53,55-57,59,62H,8,10,12,14,16,18,20,32,34,36,38,43,47,49-52H2,1-6H3,(H,61,63)/t55-,56+,57-,59+,71?/m1/s1. The number of phosphoric ester groups is 1. The SMILES string of the molecule is CC#CC#CC#CC#CC#CC#CC#CC#CC#CC#CC#CC#CC(=O)N[C@@H](COP(=O)(OCc1ccccc1)OC[C@H]1COC(C)(C)O1)[C@H](OC(C)C)[C@H](O)CCCCCCCCCCCCCC. The fraction of sp³-hybridized carbons (Fsp3) is 0.483. The lowest BCUT2D eigenvalue weighted by atomic mass is 9.99. The van der Waals surface area contributed by atoms with Crippen molar-refractivity contribution in [3.63, 3.8) is 0 Å². The molecule has 2 N–H and O–H groups in total. The number of amides is 1. The van der Waals surface area contributed by atoms with Gasteiger partial charge in [0.25, 0.3) is 5.91 Å². The lowest BCUT2D eigenvalue weighted by Gasteiger charge is -2.33. The molecule has 0 bridgehead atoms. The number of carbonyl (C=O) groups excluding carboxylic acids is 1. The van der Waals surface area contributed by atoms with E-state index in [9.17, 15) is 14.5 Å². The Morgan fingerprint density at radius 3 is 1.61 bits per heavy atom. The Morgan fingerprint density at radius 1 is 0.690 bits per heavy atom. The second kappa shape index (κ2) is 39.1. The molecule has 0 spiro atoms. The van der Waals surface area contributed by atoms with Crippen LogP contribution in [0.5, 0.6) is 0 Å². The monoisotopic (exact) mass is 973 g/mol. The number of unbranched alkanes of at least 4 members (excludes halogenated alkanes) is 11. The van der Waals surface area contributed by atoms with E-state index in [1.165, 1.54) is 51.4 Å². The molecule has 1 aliphatic rings. The second-order valence-electron chi connectivity index (χ2n) is 16.3. The van der Waals surface area contributed by atoms with Crippen LogP contribution in [0.1, 0.15) is 131 Å². The molecule has 1 saturated heterocycles. The van der Waals surface area contributed by atoms with Crippen molar-refractivity contribution in [1.82, 2.24) is 5.32 Å². The Balaban J connectivity index is 2.16. The molecule has 0 aromatic heterocycles. The average molecular weight is 974 g/mol. The van der Waals surface area contributed by atoms with Gasteiger partial charge in [-0.3, -0.25) is 18.4 Å². The van der Waals surface area contributed by atoms with E-state index in [-0.39, 0.29) is 25.9 Å². The highest BCUT2D eigenvalue weighted by Crippen LogP contribution is 2.51. The number of ether oxygens (including phenoxy) is 3. The summed E-state index contributed by atoms with van der Waals surface area (Å²) in [7, 11) is -4.34. The fourth-order valence-electron chi connectivity index (χ4n) is 6.36. The molecule has 1 amide bonds. The van der Waals surface area contributed by atoms with Crippen molar-refractivity contribution in [3.8, 4) is 142 Å². The van der Waals surface area contributed by atoms with Crippen molar-refractivity contribution < 1.29 is 42.2 Å². The van der Waals surface area contributed by atoms with Crippen molar-refractivity contribution in [1.29, 1.82) is 0 Å². The molecule has 2 rings (SSSR count). The smallest absolute Gasteiger partial charge is 0.390 e. The topological polar surface area (TPSA) is 122 Å². The highest BCUT2D eigenvalue weighted by Gasteiger charge is 2.38. The van der Waals surface area contributed by atoms with Gasteiger partial charge in [-0.05, 0) is 141 Å². The Kier molecular flexibility index (Phi) is 33.3. The molecule has 71 heavy (non-hydrogen) atoms. The number of benzene rings is 1. The van der Waals surface area contributed by atoms with Crippen LogP contribution in [0.3, 0.4) is 0 Å². The number of aliphatic hydroxyl groups excluding tert-OH is 1. The van der Waals surface area contributed by atoms with E-state index >= 15 is 0 Å². The summed E-state index contributed by atoms with van der Waals surface area (Å²) in [6, 6.07) is 8.09. The lowest BCUT2D eigenvalue weighted by molar-refractivity contribution is -0.142. The molecule has 11 heteroatoms. The summed E-state index contributed by atoms with van der Waals surface area (Å²) in [5.74, 6) is 58.9. The van der Waals surface area contributed by atoms with E-state index in [1.54, 1.807) is 20.8 Å². The number of rotatable bonds is 27. The molecule has 5 atom stereocenters. The minimum atomic E-state index is -4.34. The predicted molar refractivity (Wildman–Crippen MR) is 278 cm³/mol. The van der Waals surface area contributed by atoms with Gasteiger partial charge in [-0.1, -0.05) is 120 Å². The van der Waals surface area contributed by atoms with Crippen molar-refractivity contribution in [2.45, 2.75) is 168 Å². The third-order valence-electron chi connectivity index (χ3n) is 9.62.